The van der Waals surface area contributed by atoms with Gasteiger partial charge in [-0.05, 0) is 0 Å². The van der Waals surface area contributed by atoms with Crippen molar-refractivity contribution in [1.82, 2.24) is 0 Å². The van der Waals surface area contributed by atoms with Gasteiger partial charge in [0.1, 0.15) is 0 Å². The van der Waals surface area contributed by atoms with Gasteiger partial charge >= 0.3 is 142 Å². The summed E-state index contributed by atoms with van der Waals surface area (Å²) in [4.78, 5) is 0. The van der Waals surface area contributed by atoms with E-state index in [4.69, 9.17) is 0 Å². The van der Waals surface area contributed by atoms with Crippen LogP contribution in [0.25, 0.3) is 21.5 Å². The fourth-order valence-electron chi connectivity index (χ4n) is 2.63. The van der Waals surface area contributed by atoms with Crippen LogP contribution < -0.4 is 8.92 Å². The molecule has 0 aliphatic carbocycles. The molecule has 22 heavy (non-hydrogen) atoms. The van der Waals surface area contributed by atoms with Crippen molar-refractivity contribution in [3.8, 4) is 0 Å². The van der Waals surface area contributed by atoms with Gasteiger partial charge in [0.2, 0.25) is 0 Å². The van der Waals surface area contributed by atoms with E-state index in [2.05, 4.69) is 84.9 Å². The maximum absolute atomic E-state index is 2.30. The second-order valence-corrected chi connectivity index (χ2v) is 11.3. The van der Waals surface area contributed by atoms with Crippen molar-refractivity contribution in [3.05, 3.63) is 84.9 Å². The van der Waals surface area contributed by atoms with Gasteiger partial charge in [0.15, 0.2) is 0 Å². The zero-order chi connectivity index (χ0) is 14.8. The van der Waals surface area contributed by atoms with Gasteiger partial charge in [-0.15, -0.1) is 0 Å². The predicted molar refractivity (Wildman–Crippen MR) is 98.7 cm³/mol. The Kier molecular flexibility index (Phi) is 4.01. The van der Waals surface area contributed by atoms with Crippen molar-refractivity contribution in [2.75, 3.05) is 0 Å². The van der Waals surface area contributed by atoms with Gasteiger partial charge < -0.3 is 0 Å². The van der Waals surface area contributed by atoms with Gasteiger partial charge in [-0.25, -0.2) is 0 Å². The van der Waals surface area contributed by atoms with Crippen molar-refractivity contribution >= 4 is 56.7 Å². The van der Waals surface area contributed by atoms with Crippen LogP contribution in [0.5, 0.6) is 0 Å². The normalized spacial score (nSPS) is 11.1. The number of fused-ring (bicyclic) bond motifs is 2. The van der Waals surface area contributed by atoms with Crippen LogP contribution >= 0.6 is 0 Å². The Hall–Kier alpha value is -1.56. The van der Waals surface area contributed by atoms with Gasteiger partial charge in [-0.3, -0.25) is 0 Å². The summed E-state index contributed by atoms with van der Waals surface area (Å²) >= 11 is 1.02. The molecule has 0 nitrogen and oxygen atoms in total. The monoisotopic (exact) mass is 414 g/mol. The van der Waals surface area contributed by atoms with E-state index in [0.29, 0.717) is 26.3 Å². The van der Waals surface area contributed by atoms with Crippen molar-refractivity contribution in [1.29, 1.82) is 0 Å². The third-order valence-electron chi connectivity index (χ3n) is 3.72. The molecule has 0 saturated heterocycles. The van der Waals surface area contributed by atoms with E-state index in [0.717, 1.165) is 0 Å². The molecular formula is C20H14Se2. The van der Waals surface area contributed by atoms with Gasteiger partial charge in [-0.2, -0.15) is 0 Å². The van der Waals surface area contributed by atoms with Crippen molar-refractivity contribution < 1.29 is 0 Å². The van der Waals surface area contributed by atoms with Crippen LogP contribution in [-0.4, -0.2) is 26.3 Å². The second-order valence-electron chi connectivity index (χ2n) is 5.12. The second kappa shape index (κ2) is 6.28. The maximum atomic E-state index is 2.30. The summed E-state index contributed by atoms with van der Waals surface area (Å²) in [6, 6.07) is 30.9. The van der Waals surface area contributed by atoms with Gasteiger partial charge in [0.25, 0.3) is 0 Å². The summed E-state index contributed by atoms with van der Waals surface area (Å²) in [5, 5.41) is 5.56. The summed E-state index contributed by atoms with van der Waals surface area (Å²) in [7, 11) is 0. The summed E-state index contributed by atoms with van der Waals surface area (Å²) in [5.74, 6) is 0. The molecule has 0 aliphatic heterocycles. The molecule has 0 N–H and O–H groups in total. The van der Waals surface area contributed by atoms with E-state index in [1.54, 1.807) is 0 Å². The van der Waals surface area contributed by atoms with Crippen molar-refractivity contribution in [3.63, 3.8) is 0 Å². The Morgan fingerprint density at radius 2 is 0.818 bits per heavy atom. The molecule has 4 rings (SSSR count). The van der Waals surface area contributed by atoms with Crippen LogP contribution in [0, 0.1) is 0 Å². The van der Waals surface area contributed by atoms with Gasteiger partial charge in [-0.1, -0.05) is 0 Å². The fraction of sp³-hybridized carbons (Fsp3) is 0. The average Bonchev–Trinajstić information content (AvgIpc) is 2.60. The van der Waals surface area contributed by atoms with Crippen LogP contribution in [0.3, 0.4) is 0 Å². The Morgan fingerprint density at radius 1 is 0.409 bits per heavy atom. The average molecular weight is 412 g/mol. The van der Waals surface area contributed by atoms with Gasteiger partial charge in [0, 0.05) is 0 Å². The molecule has 0 atom stereocenters. The quantitative estimate of drug-likeness (QED) is 0.454. The van der Waals surface area contributed by atoms with E-state index in [1.165, 1.54) is 30.5 Å². The third-order valence-corrected chi connectivity index (χ3v) is 11.0. The molecule has 2 heteroatoms. The molecule has 0 fully saturated rings. The van der Waals surface area contributed by atoms with E-state index in [1.807, 2.05) is 0 Å². The van der Waals surface area contributed by atoms with Crippen LogP contribution in [0.15, 0.2) is 84.9 Å². The van der Waals surface area contributed by atoms with E-state index >= 15 is 0 Å². The third kappa shape index (κ3) is 2.72. The zero-order valence-electron chi connectivity index (χ0n) is 11.9. The summed E-state index contributed by atoms with van der Waals surface area (Å²) < 4.78 is 3.05. The first-order chi connectivity index (χ1) is 10.9. The zero-order valence-corrected chi connectivity index (χ0v) is 15.3. The SMILES string of the molecule is c1ccc2c([Se][Se]c3cccc4ccccc34)cccc2c1. The van der Waals surface area contributed by atoms with E-state index in [9.17, 15) is 0 Å². The number of rotatable bonds is 3. The summed E-state index contributed by atoms with van der Waals surface area (Å²) in [6.07, 6.45) is 0. The standard InChI is InChI=1S/C20H14Se2/c1-3-11-17-15(7-1)9-5-13-19(17)21-22-20-14-6-10-16-8-2-4-12-18(16)20/h1-14H. The van der Waals surface area contributed by atoms with Crippen LogP contribution in [-0.2, 0) is 0 Å². The molecule has 0 spiro atoms. The number of benzene rings is 4. The number of hydrogen-bond donors (Lipinski definition) is 0. The molecule has 0 saturated carbocycles. The Bertz CT molecular complexity index is 854. The first-order valence-corrected chi connectivity index (χ1v) is 13.3. The summed E-state index contributed by atoms with van der Waals surface area (Å²) in [5.41, 5.74) is 0. The van der Waals surface area contributed by atoms with E-state index < -0.39 is 0 Å². The Morgan fingerprint density at radius 3 is 1.32 bits per heavy atom. The van der Waals surface area contributed by atoms with Crippen molar-refractivity contribution in [2.45, 2.75) is 0 Å². The van der Waals surface area contributed by atoms with E-state index in [-0.39, 0.29) is 0 Å². The first kappa shape index (κ1) is 14.1. The molecule has 0 heterocycles. The molecule has 0 unspecified atom stereocenters. The topological polar surface area (TPSA) is 0 Å². The van der Waals surface area contributed by atoms with Crippen LogP contribution in [0.2, 0.25) is 0 Å². The molecule has 0 aliphatic rings. The molecule has 0 aromatic heterocycles. The minimum atomic E-state index is 0.512. The minimum absolute atomic E-state index is 0.512. The summed E-state index contributed by atoms with van der Waals surface area (Å²) in [6.45, 7) is 0. The fourth-order valence-corrected chi connectivity index (χ4v) is 9.85. The molecule has 106 valence electrons. The Labute approximate surface area is 141 Å². The first-order valence-electron chi connectivity index (χ1n) is 7.22. The molecule has 0 radical (unpaired) electrons. The molecule has 0 bridgehead atoms. The Balaban J connectivity index is 1.69. The predicted octanol–water partition coefficient (Wildman–Crippen LogP) is 3.27. The molecule has 0 amide bonds. The number of hydrogen-bond acceptors (Lipinski definition) is 0. The van der Waals surface area contributed by atoms with Gasteiger partial charge in [0.05, 0.1) is 0 Å². The molecule has 4 aromatic carbocycles. The molecular weight excluding hydrogens is 398 g/mol. The van der Waals surface area contributed by atoms with Crippen LogP contribution in [0.4, 0.5) is 0 Å². The van der Waals surface area contributed by atoms with Crippen LogP contribution in [0.1, 0.15) is 0 Å². The molecule has 4 aromatic rings. The van der Waals surface area contributed by atoms with Crippen molar-refractivity contribution in [2.24, 2.45) is 0 Å².